The van der Waals surface area contributed by atoms with Gasteiger partial charge in [-0.25, -0.2) is 4.98 Å². The van der Waals surface area contributed by atoms with Crippen molar-refractivity contribution >= 4 is 5.91 Å². The average molecular weight is 291 g/mol. The van der Waals surface area contributed by atoms with Gasteiger partial charge < -0.3 is 15.0 Å². The Hall–Kier alpha value is -1.62. The molecule has 1 N–H and O–H groups in total. The molecule has 1 amide bonds. The summed E-state index contributed by atoms with van der Waals surface area (Å²) < 4.78 is 5.16. The van der Waals surface area contributed by atoms with E-state index in [2.05, 4.69) is 10.3 Å². The molecule has 21 heavy (non-hydrogen) atoms. The number of carbonyl (C=O) groups is 1. The summed E-state index contributed by atoms with van der Waals surface area (Å²) in [5, 5.41) is 3.35. The summed E-state index contributed by atoms with van der Waals surface area (Å²) in [5.74, 6) is 0.411. The van der Waals surface area contributed by atoms with Crippen LogP contribution in [0.1, 0.15) is 29.6 Å². The zero-order valence-electron chi connectivity index (χ0n) is 12.8. The van der Waals surface area contributed by atoms with E-state index in [0.29, 0.717) is 11.4 Å². The molecule has 1 saturated heterocycles. The van der Waals surface area contributed by atoms with Gasteiger partial charge in [-0.05, 0) is 31.5 Å². The molecule has 1 aliphatic heterocycles. The monoisotopic (exact) mass is 291 g/mol. The summed E-state index contributed by atoms with van der Waals surface area (Å²) in [5.41, 5.74) is 0.546. The van der Waals surface area contributed by atoms with Crippen LogP contribution in [0.25, 0.3) is 0 Å². The zero-order chi connectivity index (χ0) is 13.5. The van der Waals surface area contributed by atoms with Crippen molar-refractivity contribution in [1.29, 1.82) is 0 Å². The number of rotatable bonds is 2. The van der Waals surface area contributed by atoms with Crippen LogP contribution < -0.4 is 10.1 Å². The summed E-state index contributed by atoms with van der Waals surface area (Å²) in [6.45, 7) is 3.42. The number of amides is 1. The first-order chi connectivity index (χ1) is 9.33. The maximum Gasteiger partial charge on any atom is 0.259 e. The molecule has 0 bridgehead atoms. The van der Waals surface area contributed by atoms with Crippen LogP contribution >= 0.6 is 0 Å². The lowest BCUT2D eigenvalue weighted by molar-refractivity contribution is 0.0752. The molecule has 0 unspecified atom stereocenters. The molecule has 1 aliphatic rings. The van der Waals surface area contributed by atoms with E-state index in [0.717, 1.165) is 39.0 Å². The van der Waals surface area contributed by atoms with Gasteiger partial charge in [0.15, 0.2) is 0 Å². The van der Waals surface area contributed by atoms with Gasteiger partial charge in [0.1, 0.15) is 5.56 Å². The van der Waals surface area contributed by atoms with Crippen LogP contribution in [0.3, 0.4) is 0 Å². The molecule has 116 valence electrons. The average Bonchev–Trinajstić information content (AvgIpc) is 2.60. The molecule has 2 heterocycles. The van der Waals surface area contributed by atoms with E-state index in [1.54, 1.807) is 25.4 Å². The summed E-state index contributed by atoms with van der Waals surface area (Å²) in [6, 6.07) is 3.54. The van der Waals surface area contributed by atoms with E-state index in [4.69, 9.17) is 4.74 Å². The number of nitrogens with one attached hydrogen (secondary N) is 1. The van der Waals surface area contributed by atoms with Crippen molar-refractivity contribution in [2.24, 2.45) is 0 Å². The Balaban J connectivity index is 0.00000200. The number of carbonyl (C=O) groups excluding carboxylic acids is 1. The van der Waals surface area contributed by atoms with E-state index >= 15 is 0 Å². The Morgan fingerprint density at radius 1 is 1.24 bits per heavy atom. The number of hydrogen-bond donors (Lipinski definition) is 1. The van der Waals surface area contributed by atoms with Crippen LogP contribution in [0.4, 0.5) is 0 Å². The molecule has 0 aliphatic carbocycles. The van der Waals surface area contributed by atoms with Gasteiger partial charge >= 0.3 is 0 Å². The predicted molar refractivity (Wildman–Crippen MR) is 84.1 cm³/mol. The topological polar surface area (TPSA) is 54.5 Å². The summed E-state index contributed by atoms with van der Waals surface area (Å²) >= 11 is 0. The smallest absolute Gasteiger partial charge is 0.259 e. The van der Waals surface area contributed by atoms with E-state index in [9.17, 15) is 4.79 Å². The molecule has 0 atom stereocenters. The Morgan fingerprint density at radius 2 is 2.05 bits per heavy atom. The molecular weight excluding hydrogens is 266 g/mol. The highest BCUT2D eigenvalue weighted by atomic mass is 16.5. The third-order valence-electron chi connectivity index (χ3n) is 3.32. The highest BCUT2D eigenvalue weighted by Gasteiger charge is 2.20. The molecule has 0 spiro atoms. The third-order valence-corrected chi connectivity index (χ3v) is 3.32. The predicted octanol–water partition coefficient (Wildman–Crippen LogP) is 1.96. The maximum atomic E-state index is 12.5. The van der Waals surface area contributed by atoms with Gasteiger partial charge in [-0.15, -0.1) is 0 Å². The second-order valence-electron chi connectivity index (χ2n) is 4.66. The molecule has 4 radical (unpaired) electrons. The summed E-state index contributed by atoms with van der Waals surface area (Å²) in [6.07, 6.45) is 5.02. The largest absolute Gasteiger partial charge is 0.480 e. The maximum absolute atomic E-state index is 12.5. The fourth-order valence-corrected chi connectivity index (χ4v) is 2.27. The highest BCUT2D eigenvalue weighted by Crippen LogP contribution is 2.16. The molecule has 0 aromatic carbocycles. The van der Waals surface area contributed by atoms with E-state index < -0.39 is 0 Å². The number of ether oxygens (including phenoxy) is 1. The second kappa shape index (κ2) is 10.2. The lowest BCUT2D eigenvalue weighted by Crippen LogP contribution is -2.37. The Kier molecular flexibility index (Phi) is 9.37. The van der Waals surface area contributed by atoms with Crippen LogP contribution in [-0.2, 0) is 0 Å². The molecule has 2 rings (SSSR count). The van der Waals surface area contributed by atoms with Gasteiger partial charge in [-0.1, -0.05) is 21.3 Å². The fourth-order valence-electron chi connectivity index (χ4n) is 2.27. The molecule has 0 saturated carbocycles. The van der Waals surface area contributed by atoms with Gasteiger partial charge in [0.2, 0.25) is 5.88 Å². The number of pyridine rings is 1. The Labute approximate surface area is 128 Å². The molecule has 1 aromatic rings. The quantitative estimate of drug-likeness (QED) is 0.905. The number of nitrogens with zero attached hydrogens (tertiary/aromatic N) is 2. The van der Waals surface area contributed by atoms with Gasteiger partial charge in [-0.2, -0.15) is 0 Å². The van der Waals surface area contributed by atoms with Gasteiger partial charge in [0, 0.05) is 25.8 Å². The first kappa shape index (κ1) is 19.4. The molecule has 1 aromatic heterocycles. The van der Waals surface area contributed by atoms with Crippen molar-refractivity contribution in [3.8, 4) is 5.88 Å². The van der Waals surface area contributed by atoms with E-state index in [-0.39, 0.29) is 20.8 Å². The summed E-state index contributed by atoms with van der Waals surface area (Å²) in [7, 11) is 1.54. The fraction of sp³-hybridized carbons (Fsp3) is 0.500. The van der Waals surface area contributed by atoms with E-state index in [1.807, 2.05) is 4.90 Å². The van der Waals surface area contributed by atoms with Crippen molar-refractivity contribution in [2.75, 3.05) is 33.3 Å². The first-order valence-electron chi connectivity index (χ1n) is 6.82. The second-order valence-corrected chi connectivity index (χ2v) is 4.66. The first-order valence-corrected chi connectivity index (χ1v) is 6.82. The molecule has 1 fully saturated rings. The van der Waals surface area contributed by atoms with Gasteiger partial charge in [-0.3, -0.25) is 4.79 Å². The normalized spacial score (nSPS) is 15.6. The van der Waals surface area contributed by atoms with Crippen LogP contribution in [0, 0.1) is 14.9 Å². The number of hydrogen-bond acceptors (Lipinski definition) is 4. The van der Waals surface area contributed by atoms with Crippen molar-refractivity contribution in [3.63, 3.8) is 0 Å². The van der Waals surface area contributed by atoms with Crippen molar-refractivity contribution < 1.29 is 9.53 Å². The Bertz CT molecular complexity index is 414. The van der Waals surface area contributed by atoms with Gasteiger partial charge in [0.25, 0.3) is 5.91 Å². The molecular formula is C16H25N3O2. The lowest BCUT2D eigenvalue weighted by Gasteiger charge is -2.22. The van der Waals surface area contributed by atoms with Crippen LogP contribution in [0.15, 0.2) is 18.3 Å². The molecule has 5 heteroatoms. The van der Waals surface area contributed by atoms with Gasteiger partial charge in [0.05, 0.1) is 7.11 Å². The van der Waals surface area contributed by atoms with Crippen molar-refractivity contribution in [3.05, 3.63) is 38.7 Å². The minimum absolute atomic E-state index is 0. The summed E-state index contributed by atoms with van der Waals surface area (Å²) in [4.78, 5) is 18.5. The van der Waals surface area contributed by atoms with E-state index in [1.165, 1.54) is 6.42 Å². The Morgan fingerprint density at radius 3 is 2.81 bits per heavy atom. The zero-order valence-corrected chi connectivity index (χ0v) is 12.8. The standard InChI is InChI=1S/C14H21N3O2.2CH2/c1-19-13-12(6-5-8-16-13)14(18)17-10-4-2-3-7-15-9-11-17;;/h5-6,8,15H,2-4,7,9-11H2,1H3;2*1H2. The molecule has 5 nitrogen and oxygen atoms in total. The van der Waals surface area contributed by atoms with Crippen LogP contribution in [-0.4, -0.2) is 49.1 Å². The third kappa shape index (κ3) is 5.34. The van der Waals surface area contributed by atoms with Crippen LogP contribution in [0.5, 0.6) is 5.88 Å². The minimum Gasteiger partial charge on any atom is -0.480 e. The van der Waals surface area contributed by atoms with Crippen molar-refractivity contribution in [2.45, 2.75) is 19.3 Å². The highest BCUT2D eigenvalue weighted by molar-refractivity contribution is 5.96. The van der Waals surface area contributed by atoms with Crippen LogP contribution in [0.2, 0.25) is 0 Å². The minimum atomic E-state index is 0. The SMILES string of the molecule is COc1ncccc1C(=O)N1CCCCCNCC1.[CH2].[CH2]. The number of methoxy groups -OCH3 is 1. The van der Waals surface area contributed by atoms with Crippen molar-refractivity contribution in [1.82, 2.24) is 15.2 Å². The lowest BCUT2D eigenvalue weighted by atomic mass is 10.2. The number of aromatic nitrogens is 1.